The Morgan fingerprint density at radius 1 is 1.11 bits per heavy atom. The van der Waals surface area contributed by atoms with Crippen molar-refractivity contribution < 1.29 is 9.53 Å². The number of carbonyl (C=O) groups excluding carboxylic acids is 1. The van der Waals surface area contributed by atoms with Crippen LogP contribution < -0.4 is 10.5 Å². The summed E-state index contributed by atoms with van der Waals surface area (Å²) in [6.07, 6.45) is 0.968. The molecular weight excluding hydrogens is 340 g/mol. The van der Waals surface area contributed by atoms with Crippen molar-refractivity contribution in [2.45, 2.75) is 32.9 Å². The number of piperidine rings is 1. The molecule has 0 bridgehead atoms. The van der Waals surface area contributed by atoms with Gasteiger partial charge in [0.05, 0.1) is 13.7 Å². The molecule has 150 valence electrons. The van der Waals surface area contributed by atoms with Crippen molar-refractivity contribution in [1.29, 1.82) is 0 Å². The van der Waals surface area contributed by atoms with Crippen molar-refractivity contribution in [2.24, 2.45) is 11.1 Å². The summed E-state index contributed by atoms with van der Waals surface area (Å²) in [5.74, 6) is 1.14. The van der Waals surface area contributed by atoms with Crippen molar-refractivity contribution in [3.05, 3.63) is 29.8 Å². The van der Waals surface area contributed by atoms with Crippen LogP contribution in [0.1, 0.15) is 25.8 Å². The lowest BCUT2D eigenvalue weighted by Crippen LogP contribution is -2.56. The second-order valence-corrected chi connectivity index (χ2v) is 8.60. The highest BCUT2D eigenvalue weighted by Crippen LogP contribution is 2.27. The van der Waals surface area contributed by atoms with Gasteiger partial charge < -0.3 is 15.4 Å². The number of methoxy groups -OCH3 is 1. The lowest BCUT2D eigenvalue weighted by atomic mass is 9.80. The van der Waals surface area contributed by atoms with E-state index in [9.17, 15) is 4.79 Å². The van der Waals surface area contributed by atoms with Gasteiger partial charge in [0.25, 0.3) is 0 Å². The van der Waals surface area contributed by atoms with E-state index >= 15 is 0 Å². The third-order valence-corrected chi connectivity index (χ3v) is 6.04. The third kappa shape index (κ3) is 5.21. The number of hydrogen-bond acceptors (Lipinski definition) is 5. The summed E-state index contributed by atoms with van der Waals surface area (Å²) in [6, 6.07) is 8.45. The van der Waals surface area contributed by atoms with Crippen molar-refractivity contribution in [3.8, 4) is 5.75 Å². The number of carbonyl (C=O) groups is 1. The topological polar surface area (TPSA) is 62.0 Å². The summed E-state index contributed by atoms with van der Waals surface area (Å²) in [6.45, 7) is 11.1. The second kappa shape index (κ2) is 8.59. The predicted molar refractivity (Wildman–Crippen MR) is 108 cm³/mol. The minimum atomic E-state index is 0.0790. The van der Waals surface area contributed by atoms with Gasteiger partial charge in [-0.25, -0.2) is 0 Å². The van der Waals surface area contributed by atoms with Crippen molar-refractivity contribution in [2.75, 3.05) is 52.9 Å². The Kier molecular flexibility index (Phi) is 6.40. The van der Waals surface area contributed by atoms with Crippen LogP contribution in [0, 0.1) is 5.41 Å². The minimum Gasteiger partial charge on any atom is -0.497 e. The van der Waals surface area contributed by atoms with Crippen molar-refractivity contribution in [3.63, 3.8) is 0 Å². The highest BCUT2D eigenvalue weighted by Gasteiger charge is 2.34. The van der Waals surface area contributed by atoms with E-state index < -0.39 is 0 Å². The fraction of sp³-hybridized carbons (Fsp3) is 0.667. The second-order valence-electron chi connectivity index (χ2n) is 8.60. The van der Waals surface area contributed by atoms with E-state index in [1.807, 2.05) is 17.0 Å². The van der Waals surface area contributed by atoms with E-state index in [2.05, 4.69) is 35.8 Å². The first kappa shape index (κ1) is 20.1. The average molecular weight is 375 g/mol. The molecule has 0 spiro atoms. The van der Waals surface area contributed by atoms with Gasteiger partial charge in [0.1, 0.15) is 5.75 Å². The molecule has 6 heteroatoms. The van der Waals surface area contributed by atoms with Crippen LogP contribution in [-0.4, -0.2) is 79.6 Å². The molecular formula is C21H34N4O2. The van der Waals surface area contributed by atoms with E-state index in [4.69, 9.17) is 10.5 Å². The Morgan fingerprint density at radius 3 is 2.37 bits per heavy atom. The smallest absolute Gasteiger partial charge is 0.236 e. The summed E-state index contributed by atoms with van der Waals surface area (Å²) in [7, 11) is 1.68. The number of benzene rings is 1. The maximum absolute atomic E-state index is 12.7. The fourth-order valence-electron chi connectivity index (χ4n) is 4.06. The molecule has 2 fully saturated rings. The van der Waals surface area contributed by atoms with Crippen LogP contribution in [0.3, 0.4) is 0 Å². The van der Waals surface area contributed by atoms with Gasteiger partial charge in [-0.2, -0.15) is 0 Å². The SMILES string of the molecule is COc1ccc(CN2CCN(C(=O)CN3CCC(N)C(C)(C)C3)CC2)cc1. The van der Waals surface area contributed by atoms with Crippen molar-refractivity contribution in [1.82, 2.24) is 14.7 Å². The molecule has 3 rings (SSSR count). The number of nitrogens with two attached hydrogens (primary N) is 1. The summed E-state index contributed by atoms with van der Waals surface area (Å²) in [5.41, 5.74) is 7.57. The zero-order chi connectivity index (χ0) is 19.4. The highest BCUT2D eigenvalue weighted by atomic mass is 16.5. The molecule has 6 nitrogen and oxygen atoms in total. The molecule has 1 aromatic carbocycles. The quantitative estimate of drug-likeness (QED) is 0.844. The summed E-state index contributed by atoms with van der Waals surface area (Å²) >= 11 is 0. The fourth-order valence-corrected chi connectivity index (χ4v) is 4.06. The van der Waals surface area contributed by atoms with E-state index in [-0.39, 0.29) is 17.4 Å². The van der Waals surface area contributed by atoms with Gasteiger partial charge in [-0.15, -0.1) is 0 Å². The Hall–Kier alpha value is -1.63. The molecule has 0 radical (unpaired) electrons. The number of piperazine rings is 1. The predicted octanol–water partition coefficient (Wildman–Crippen LogP) is 1.40. The largest absolute Gasteiger partial charge is 0.497 e. The lowest BCUT2D eigenvalue weighted by molar-refractivity contribution is -0.135. The normalized spacial score (nSPS) is 24.0. The molecule has 2 saturated heterocycles. The number of hydrogen-bond donors (Lipinski definition) is 1. The van der Waals surface area contributed by atoms with E-state index in [1.165, 1.54) is 5.56 Å². The number of likely N-dealkylation sites (tertiary alicyclic amines) is 1. The molecule has 2 N–H and O–H groups in total. The molecule has 1 amide bonds. The van der Waals surface area contributed by atoms with Crippen LogP contribution in [0.4, 0.5) is 0 Å². The van der Waals surface area contributed by atoms with E-state index in [0.717, 1.165) is 58.0 Å². The Morgan fingerprint density at radius 2 is 1.78 bits per heavy atom. The minimum absolute atomic E-state index is 0.0790. The molecule has 0 aromatic heterocycles. The third-order valence-electron chi connectivity index (χ3n) is 6.04. The van der Waals surface area contributed by atoms with E-state index in [0.29, 0.717) is 6.54 Å². The molecule has 0 aliphatic carbocycles. The molecule has 1 atom stereocenters. The lowest BCUT2D eigenvalue weighted by Gasteiger charge is -2.43. The van der Waals surface area contributed by atoms with Crippen LogP contribution in [0.5, 0.6) is 5.75 Å². The number of rotatable bonds is 5. The number of ether oxygens (including phenoxy) is 1. The summed E-state index contributed by atoms with van der Waals surface area (Å²) in [4.78, 5) is 19.4. The van der Waals surface area contributed by atoms with Crippen LogP contribution in [0.2, 0.25) is 0 Å². The van der Waals surface area contributed by atoms with Crippen LogP contribution in [0.25, 0.3) is 0 Å². The zero-order valence-corrected chi connectivity index (χ0v) is 17.0. The van der Waals surface area contributed by atoms with Crippen LogP contribution in [-0.2, 0) is 11.3 Å². The maximum Gasteiger partial charge on any atom is 0.236 e. The molecule has 2 aliphatic heterocycles. The maximum atomic E-state index is 12.7. The van der Waals surface area contributed by atoms with Gasteiger partial charge in [0.15, 0.2) is 0 Å². The standard InChI is InChI=1S/C21H34N4O2/c1-21(2)16-24(9-8-19(21)22)15-20(26)25-12-10-23(11-13-25)14-17-4-6-18(27-3)7-5-17/h4-7,19H,8-16,22H2,1-3H3. The van der Waals surface area contributed by atoms with Gasteiger partial charge in [-0.1, -0.05) is 26.0 Å². The van der Waals surface area contributed by atoms with Gasteiger partial charge in [0, 0.05) is 51.9 Å². The van der Waals surface area contributed by atoms with Crippen LogP contribution in [0.15, 0.2) is 24.3 Å². The van der Waals surface area contributed by atoms with Crippen molar-refractivity contribution >= 4 is 5.91 Å². The summed E-state index contributed by atoms with van der Waals surface area (Å²) in [5, 5.41) is 0. The van der Waals surface area contributed by atoms with Crippen LogP contribution >= 0.6 is 0 Å². The van der Waals surface area contributed by atoms with Gasteiger partial charge in [-0.05, 0) is 29.5 Å². The number of amides is 1. The summed E-state index contributed by atoms with van der Waals surface area (Å²) < 4.78 is 5.21. The monoisotopic (exact) mass is 374 g/mol. The van der Waals surface area contributed by atoms with E-state index in [1.54, 1.807) is 7.11 Å². The Labute approximate surface area is 163 Å². The molecule has 2 aliphatic rings. The molecule has 1 aromatic rings. The van der Waals surface area contributed by atoms with Gasteiger partial charge in [-0.3, -0.25) is 14.6 Å². The number of nitrogens with zero attached hydrogens (tertiary/aromatic N) is 3. The molecule has 1 unspecified atom stereocenters. The van der Waals surface area contributed by atoms with Gasteiger partial charge >= 0.3 is 0 Å². The first-order chi connectivity index (χ1) is 12.9. The highest BCUT2D eigenvalue weighted by molar-refractivity contribution is 5.78. The molecule has 2 heterocycles. The molecule has 0 saturated carbocycles. The Bertz CT molecular complexity index is 624. The molecule has 27 heavy (non-hydrogen) atoms. The average Bonchev–Trinajstić information content (AvgIpc) is 2.66. The first-order valence-electron chi connectivity index (χ1n) is 9.98. The first-order valence-corrected chi connectivity index (χ1v) is 9.98. The zero-order valence-electron chi connectivity index (χ0n) is 17.0. The Balaban J connectivity index is 1.43. The van der Waals surface area contributed by atoms with Gasteiger partial charge in [0.2, 0.25) is 5.91 Å².